The molecule has 1 aromatic heterocycles. The predicted molar refractivity (Wildman–Crippen MR) is 111 cm³/mol. The zero-order valence-electron chi connectivity index (χ0n) is 17.4. The first-order valence-electron chi connectivity index (χ1n) is 10.4. The Labute approximate surface area is 168 Å². The number of hydrogen-bond donors (Lipinski definition) is 2. The molecule has 1 saturated heterocycles. The van der Waals surface area contributed by atoms with Gasteiger partial charge in [-0.3, -0.25) is 15.3 Å². The summed E-state index contributed by atoms with van der Waals surface area (Å²) in [5.41, 5.74) is 1.65. The van der Waals surface area contributed by atoms with Crippen LogP contribution in [-0.2, 0) is 16.1 Å². The van der Waals surface area contributed by atoms with E-state index in [0.717, 1.165) is 37.2 Å². The average molecular weight is 387 g/mol. The third-order valence-corrected chi connectivity index (χ3v) is 5.65. The highest BCUT2D eigenvalue weighted by atomic mass is 16.5. The lowest BCUT2D eigenvalue weighted by Crippen LogP contribution is -2.51. The molecule has 0 radical (unpaired) electrons. The number of pyridine rings is 1. The first-order valence-corrected chi connectivity index (χ1v) is 10.4. The van der Waals surface area contributed by atoms with Crippen molar-refractivity contribution in [3.63, 3.8) is 0 Å². The zero-order valence-corrected chi connectivity index (χ0v) is 17.4. The van der Waals surface area contributed by atoms with Gasteiger partial charge in [-0.1, -0.05) is 6.07 Å². The van der Waals surface area contributed by atoms with Crippen molar-refractivity contribution in [3.05, 3.63) is 41.9 Å². The number of nitrogens with zero attached hydrogens (tertiary/aromatic N) is 2. The highest BCUT2D eigenvalue weighted by Crippen LogP contribution is 2.26. The van der Waals surface area contributed by atoms with Gasteiger partial charge in [-0.15, -0.1) is 0 Å². The van der Waals surface area contributed by atoms with Crippen LogP contribution in [0.1, 0.15) is 52.1 Å². The third-order valence-electron chi connectivity index (χ3n) is 5.65. The molecule has 0 unspecified atom stereocenters. The molecule has 2 atom stereocenters. The van der Waals surface area contributed by atoms with Crippen molar-refractivity contribution in [1.29, 1.82) is 5.41 Å². The molecule has 28 heavy (non-hydrogen) atoms. The van der Waals surface area contributed by atoms with Gasteiger partial charge in [-0.2, -0.15) is 0 Å². The molecule has 0 aromatic carbocycles. The third kappa shape index (κ3) is 6.04. The number of nitrogens with one attached hydrogen (secondary N) is 2. The highest BCUT2D eigenvalue weighted by Gasteiger charge is 2.30. The summed E-state index contributed by atoms with van der Waals surface area (Å²) in [6.45, 7) is 8.69. The maximum atomic E-state index is 8.09. The Hall–Kier alpha value is -1.92. The molecule has 1 aliphatic carbocycles. The Morgan fingerprint density at radius 2 is 1.96 bits per heavy atom. The Morgan fingerprint density at radius 3 is 2.61 bits per heavy atom. The van der Waals surface area contributed by atoms with E-state index in [2.05, 4.69) is 29.0 Å². The minimum atomic E-state index is 0.197. The van der Waals surface area contributed by atoms with Gasteiger partial charge in [0.2, 0.25) is 5.90 Å². The maximum absolute atomic E-state index is 8.09. The average Bonchev–Trinajstić information content (AvgIpc) is 2.70. The van der Waals surface area contributed by atoms with Gasteiger partial charge in [-0.05, 0) is 58.6 Å². The molecule has 3 rings (SSSR count). The second-order valence-electron chi connectivity index (χ2n) is 8.15. The highest BCUT2D eigenvalue weighted by molar-refractivity contribution is 5.90. The molecule has 2 heterocycles. The lowest BCUT2D eigenvalue weighted by atomic mass is 9.89. The maximum Gasteiger partial charge on any atom is 0.210 e. The Bertz CT molecular complexity index is 646. The van der Waals surface area contributed by atoms with Gasteiger partial charge in [0.15, 0.2) is 0 Å². The fourth-order valence-electron chi connectivity index (χ4n) is 4.18. The molecule has 0 spiro atoms. The standard InChI is InChI=1S/C22H34N4O2/c1-16(22(23)27-15-20-6-4-5-11-24-20)12-25-19-7-9-21(10-8-19)26-13-17(2)28-18(3)14-26/h4-6,11-12,17-19,21,23,25H,7-10,13-15H2,1-3H3/b16-12-,23-22?/t17-,18+,19-,21-. The lowest BCUT2D eigenvalue weighted by Gasteiger charge is -2.42. The van der Waals surface area contributed by atoms with Crippen molar-refractivity contribution >= 4 is 5.90 Å². The minimum absolute atomic E-state index is 0.197. The Balaban J connectivity index is 1.39. The number of hydrogen-bond acceptors (Lipinski definition) is 6. The van der Waals surface area contributed by atoms with Crippen molar-refractivity contribution in [2.75, 3.05) is 13.1 Å². The van der Waals surface area contributed by atoms with E-state index in [9.17, 15) is 0 Å². The van der Waals surface area contributed by atoms with Crippen molar-refractivity contribution in [2.45, 2.75) is 77.4 Å². The molecule has 1 saturated carbocycles. The van der Waals surface area contributed by atoms with Crippen LogP contribution < -0.4 is 5.32 Å². The van der Waals surface area contributed by atoms with Gasteiger partial charge in [0.25, 0.3) is 0 Å². The molecule has 1 aromatic rings. The second-order valence-corrected chi connectivity index (χ2v) is 8.15. The van der Waals surface area contributed by atoms with Crippen molar-refractivity contribution in [3.8, 4) is 0 Å². The van der Waals surface area contributed by atoms with Crippen LogP contribution in [0.3, 0.4) is 0 Å². The van der Waals surface area contributed by atoms with Crippen molar-refractivity contribution in [2.24, 2.45) is 0 Å². The van der Waals surface area contributed by atoms with E-state index in [-0.39, 0.29) is 5.90 Å². The summed E-state index contributed by atoms with van der Waals surface area (Å²) in [6, 6.07) is 6.86. The van der Waals surface area contributed by atoms with Gasteiger partial charge < -0.3 is 14.8 Å². The second kappa shape index (κ2) is 10.0. The molecule has 0 bridgehead atoms. The van der Waals surface area contributed by atoms with E-state index >= 15 is 0 Å². The molecule has 154 valence electrons. The van der Waals surface area contributed by atoms with Crippen LogP contribution in [0.15, 0.2) is 36.2 Å². The van der Waals surface area contributed by atoms with Crippen LogP contribution in [0, 0.1) is 5.41 Å². The number of morpholine rings is 1. The Kier molecular flexibility index (Phi) is 7.45. The lowest BCUT2D eigenvalue weighted by molar-refractivity contribution is -0.0845. The quantitative estimate of drug-likeness (QED) is 0.578. The largest absolute Gasteiger partial charge is 0.471 e. The summed E-state index contributed by atoms with van der Waals surface area (Å²) in [5.74, 6) is 0.197. The van der Waals surface area contributed by atoms with E-state index < -0.39 is 0 Å². The SMILES string of the molecule is C/C(=C/N[C@H]1CC[C@H](N2C[C@@H](C)O[C@@H](C)C2)CC1)C(=N)OCc1ccccn1. The normalized spacial score (nSPS) is 29.3. The van der Waals surface area contributed by atoms with Crippen LogP contribution in [0.4, 0.5) is 0 Å². The number of aromatic nitrogens is 1. The van der Waals surface area contributed by atoms with Crippen LogP contribution in [0.25, 0.3) is 0 Å². The summed E-state index contributed by atoms with van der Waals surface area (Å²) in [4.78, 5) is 6.84. The number of rotatable bonds is 6. The monoisotopic (exact) mass is 386 g/mol. The fourth-order valence-corrected chi connectivity index (χ4v) is 4.18. The van der Waals surface area contributed by atoms with E-state index in [1.165, 1.54) is 12.8 Å². The van der Waals surface area contributed by atoms with Crippen LogP contribution in [-0.4, -0.2) is 53.2 Å². The predicted octanol–water partition coefficient (Wildman–Crippen LogP) is 3.49. The molecule has 2 fully saturated rings. The van der Waals surface area contributed by atoms with Crippen molar-refractivity contribution < 1.29 is 9.47 Å². The van der Waals surface area contributed by atoms with Crippen LogP contribution in [0.2, 0.25) is 0 Å². The van der Waals surface area contributed by atoms with Gasteiger partial charge in [0.1, 0.15) is 6.61 Å². The van der Waals surface area contributed by atoms with Crippen LogP contribution >= 0.6 is 0 Å². The minimum Gasteiger partial charge on any atom is -0.471 e. The fraction of sp³-hybridized carbons (Fsp3) is 0.636. The summed E-state index contributed by atoms with van der Waals surface area (Å²) in [6.07, 6.45) is 9.11. The molecular weight excluding hydrogens is 352 g/mol. The Morgan fingerprint density at radius 1 is 1.25 bits per heavy atom. The van der Waals surface area contributed by atoms with Gasteiger partial charge >= 0.3 is 0 Å². The molecule has 2 aliphatic rings. The van der Waals surface area contributed by atoms with Gasteiger partial charge in [0, 0.05) is 43.1 Å². The first kappa shape index (κ1) is 20.8. The van der Waals surface area contributed by atoms with Gasteiger partial charge in [-0.25, -0.2) is 0 Å². The van der Waals surface area contributed by atoms with Crippen LogP contribution in [0.5, 0.6) is 0 Å². The van der Waals surface area contributed by atoms with E-state index in [1.54, 1.807) is 6.20 Å². The summed E-state index contributed by atoms with van der Waals surface area (Å²) in [5, 5.41) is 11.6. The summed E-state index contributed by atoms with van der Waals surface area (Å²) in [7, 11) is 0. The first-order chi connectivity index (χ1) is 13.5. The molecule has 6 nitrogen and oxygen atoms in total. The van der Waals surface area contributed by atoms with Crippen molar-refractivity contribution in [1.82, 2.24) is 15.2 Å². The van der Waals surface area contributed by atoms with Gasteiger partial charge in [0.05, 0.1) is 17.9 Å². The summed E-state index contributed by atoms with van der Waals surface area (Å²) >= 11 is 0. The van der Waals surface area contributed by atoms with E-state index in [1.807, 2.05) is 31.3 Å². The molecule has 2 N–H and O–H groups in total. The van der Waals surface area contributed by atoms with E-state index in [0.29, 0.717) is 30.9 Å². The molecule has 0 amide bonds. The zero-order chi connectivity index (χ0) is 19.9. The summed E-state index contributed by atoms with van der Waals surface area (Å²) < 4.78 is 11.4. The smallest absolute Gasteiger partial charge is 0.210 e. The molecule has 6 heteroatoms. The van der Waals surface area contributed by atoms with E-state index in [4.69, 9.17) is 14.9 Å². The topological polar surface area (TPSA) is 70.5 Å². The number of ether oxygens (including phenoxy) is 2. The molecule has 1 aliphatic heterocycles. The molecular formula is C22H34N4O2.